The quantitative estimate of drug-likeness (QED) is 0.830. The molecule has 0 aromatic heterocycles. The van der Waals surface area contributed by atoms with Gasteiger partial charge >= 0.3 is 5.97 Å². The van der Waals surface area contributed by atoms with Crippen molar-refractivity contribution in [3.8, 4) is 11.5 Å². The van der Waals surface area contributed by atoms with Crippen molar-refractivity contribution in [3.63, 3.8) is 0 Å². The van der Waals surface area contributed by atoms with Crippen LogP contribution in [0, 0.1) is 0 Å². The molecule has 116 valence electrons. The van der Waals surface area contributed by atoms with E-state index in [0.29, 0.717) is 23.1 Å². The molecule has 0 bridgehead atoms. The number of ether oxygens (including phenoxy) is 2. The monoisotopic (exact) mass is 340 g/mol. The van der Waals surface area contributed by atoms with Crippen molar-refractivity contribution in [2.75, 3.05) is 6.61 Å². The molecule has 1 N–H and O–H groups in total. The Morgan fingerprint density at radius 1 is 1.18 bits per heavy atom. The van der Waals surface area contributed by atoms with Crippen LogP contribution in [0.1, 0.15) is 22.8 Å². The van der Waals surface area contributed by atoms with Crippen molar-refractivity contribution >= 4 is 29.2 Å². The van der Waals surface area contributed by atoms with Gasteiger partial charge in [0.1, 0.15) is 6.61 Å². The number of hydrogen-bond acceptors (Lipinski definition) is 3. The SMILES string of the molecule is CCOc1cc(C(=O)O)cc(Cl)c1OCc1cccc(Cl)c1. The largest absolute Gasteiger partial charge is 0.490 e. The molecule has 22 heavy (non-hydrogen) atoms. The van der Waals surface area contributed by atoms with Crippen molar-refractivity contribution in [2.24, 2.45) is 0 Å². The maximum atomic E-state index is 11.1. The van der Waals surface area contributed by atoms with Gasteiger partial charge in [-0.25, -0.2) is 4.79 Å². The molecule has 0 fully saturated rings. The summed E-state index contributed by atoms with van der Waals surface area (Å²) in [5.74, 6) is -0.466. The first-order valence-corrected chi connectivity index (χ1v) is 7.33. The van der Waals surface area contributed by atoms with Crippen LogP contribution in [-0.2, 0) is 6.61 Å². The summed E-state index contributed by atoms with van der Waals surface area (Å²) in [6.45, 7) is 2.40. The second kappa shape index (κ2) is 7.38. The third-order valence-corrected chi connectivity index (χ3v) is 3.34. The Bertz CT molecular complexity index is 686. The van der Waals surface area contributed by atoms with Crippen LogP contribution in [0.3, 0.4) is 0 Å². The van der Waals surface area contributed by atoms with Gasteiger partial charge in [0.15, 0.2) is 11.5 Å². The van der Waals surface area contributed by atoms with E-state index in [1.807, 2.05) is 12.1 Å². The van der Waals surface area contributed by atoms with Crippen molar-refractivity contribution < 1.29 is 19.4 Å². The van der Waals surface area contributed by atoms with E-state index in [9.17, 15) is 4.79 Å². The van der Waals surface area contributed by atoms with Crippen LogP contribution in [0.4, 0.5) is 0 Å². The molecule has 0 spiro atoms. The molecule has 2 aromatic rings. The molecule has 0 unspecified atom stereocenters. The van der Waals surface area contributed by atoms with Gasteiger partial charge in [0.05, 0.1) is 17.2 Å². The van der Waals surface area contributed by atoms with E-state index < -0.39 is 5.97 Å². The van der Waals surface area contributed by atoms with Crippen molar-refractivity contribution in [1.29, 1.82) is 0 Å². The Kier molecular flexibility index (Phi) is 5.52. The lowest BCUT2D eigenvalue weighted by Gasteiger charge is -2.14. The second-order valence-electron chi connectivity index (χ2n) is 4.44. The van der Waals surface area contributed by atoms with E-state index in [1.165, 1.54) is 12.1 Å². The lowest BCUT2D eigenvalue weighted by molar-refractivity contribution is 0.0696. The fourth-order valence-corrected chi connectivity index (χ4v) is 2.35. The molecule has 0 amide bonds. The van der Waals surface area contributed by atoms with E-state index in [4.69, 9.17) is 37.8 Å². The Balaban J connectivity index is 2.27. The summed E-state index contributed by atoms with van der Waals surface area (Å²) < 4.78 is 11.1. The minimum Gasteiger partial charge on any atom is -0.490 e. The summed E-state index contributed by atoms with van der Waals surface area (Å²) in [6, 6.07) is 9.96. The van der Waals surface area contributed by atoms with E-state index in [1.54, 1.807) is 19.1 Å². The van der Waals surface area contributed by atoms with Crippen LogP contribution >= 0.6 is 23.2 Å². The Hall–Kier alpha value is -1.91. The Labute approximate surface area is 138 Å². The molecule has 0 heterocycles. The molecular formula is C16H14Cl2O4. The van der Waals surface area contributed by atoms with Gasteiger partial charge in [-0.3, -0.25) is 0 Å². The first-order valence-electron chi connectivity index (χ1n) is 6.58. The highest BCUT2D eigenvalue weighted by Crippen LogP contribution is 2.37. The Morgan fingerprint density at radius 3 is 2.59 bits per heavy atom. The van der Waals surface area contributed by atoms with Crippen LogP contribution < -0.4 is 9.47 Å². The van der Waals surface area contributed by atoms with Crippen LogP contribution in [0.5, 0.6) is 11.5 Å². The number of hydrogen-bond donors (Lipinski definition) is 1. The van der Waals surface area contributed by atoms with Gasteiger partial charge in [0.25, 0.3) is 0 Å². The molecule has 0 saturated carbocycles. The maximum Gasteiger partial charge on any atom is 0.335 e. The number of benzene rings is 2. The molecule has 2 rings (SSSR count). The summed E-state index contributed by atoms with van der Waals surface area (Å²) in [6.07, 6.45) is 0. The van der Waals surface area contributed by atoms with E-state index >= 15 is 0 Å². The number of aromatic carboxylic acids is 1. The van der Waals surface area contributed by atoms with E-state index in [-0.39, 0.29) is 17.2 Å². The molecular weight excluding hydrogens is 327 g/mol. The summed E-state index contributed by atoms with van der Waals surface area (Å²) >= 11 is 12.0. The number of carboxylic acid groups (broad SMARTS) is 1. The lowest BCUT2D eigenvalue weighted by Crippen LogP contribution is -2.03. The zero-order valence-electron chi connectivity index (χ0n) is 11.8. The zero-order valence-corrected chi connectivity index (χ0v) is 13.3. The van der Waals surface area contributed by atoms with Crippen LogP contribution in [0.15, 0.2) is 36.4 Å². The molecule has 0 radical (unpaired) electrons. The van der Waals surface area contributed by atoms with Gasteiger partial charge in [0.2, 0.25) is 0 Å². The third-order valence-electron chi connectivity index (χ3n) is 2.83. The predicted molar refractivity (Wildman–Crippen MR) is 85.4 cm³/mol. The summed E-state index contributed by atoms with van der Waals surface area (Å²) in [5, 5.41) is 9.86. The van der Waals surface area contributed by atoms with Crippen LogP contribution in [-0.4, -0.2) is 17.7 Å². The van der Waals surface area contributed by atoms with E-state index in [2.05, 4.69) is 0 Å². The minimum absolute atomic E-state index is 0.0450. The lowest BCUT2D eigenvalue weighted by atomic mass is 10.2. The van der Waals surface area contributed by atoms with Gasteiger partial charge < -0.3 is 14.6 Å². The van der Waals surface area contributed by atoms with E-state index in [0.717, 1.165) is 5.56 Å². The highest BCUT2D eigenvalue weighted by molar-refractivity contribution is 6.32. The molecule has 0 atom stereocenters. The molecule has 6 heteroatoms. The number of halogens is 2. The van der Waals surface area contributed by atoms with Crippen molar-refractivity contribution in [1.82, 2.24) is 0 Å². The van der Waals surface area contributed by atoms with Gasteiger partial charge in [-0.2, -0.15) is 0 Å². The number of carbonyl (C=O) groups is 1. The molecule has 0 aliphatic rings. The van der Waals surface area contributed by atoms with Gasteiger partial charge in [-0.15, -0.1) is 0 Å². The fourth-order valence-electron chi connectivity index (χ4n) is 1.88. The van der Waals surface area contributed by atoms with Crippen molar-refractivity contribution in [3.05, 3.63) is 57.6 Å². The number of rotatable bonds is 6. The highest BCUT2D eigenvalue weighted by Gasteiger charge is 2.16. The predicted octanol–water partition coefficient (Wildman–Crippen LogP) is 4.67. The topological polar surface area (TPSA) is 55.8 Å². The van der Waals surface area contributed by atoms with Gasteiger partial charge in [-0.1, -0.05) is 35.3 Å². The molecule has 0 aliphatic heterocycles. The zero-order chi connectivity index (χ0) is 16.1. The molecule has 4 nitrogen and oxygen atoms in total. The molecule has 0 aliphatic carbocycles. The summed E-state index contributed by atoms with van der Waals surface area (Å²) in [7, 11) is 0. The Morgan fingerprint density at radius 2 is 1.95 bits per heavy atom. The summed E-state index contributed by atoms with van der Waals surface area (Å²) in [5.41, 5.74) is 0.914. The first kappa shape index (κ1) is 16.5. The average Bonchev–Trinajstić information content (AvgIpc) is 2.46. The number of carboxylic acids is 1. The second-order valence-corrected chi connectivity index (χ2v) is 5.29. The van der Waals surface area contributed by atoms with Crippen molar-refractivity contribution in [2.45, 2.75) is 13.5 Å². The standard InChI is InChI=1S/C16H14Cl2O4/c1-2-21-14-8-11(16(19)20)7-13(18)15(14)22-9-10-4-3-5-12(17)6-10/h3-8H,2,9H2,1H3,(H,19,20). The van der Waals surface area contributed by atoms with Crippen LogP contribution in [0.2, 0.25) is 10.0 Å². The normalized spacial score (nSPS) is 10.3. The molecule has 2 aromatic carbocycles. The summed E-state index contributed by atoms with van der Waals surface area (Å²) in [4.78, 5) is 11.1. The highest BCUT2D eigenvalue weighted by atomic mass is 35.5. The average molecular weight is 341 g/mol. The maximum absolute atomic E-state index is 11.1. The smallest absolute Gasteiger partial charge is 0.335 e. The first-order chi connectivity index (χ1) is 10.5. The fraction of sp³-hybridized carbons (Fsp3) is 0.188. The van der Waals surface area contributed by atoms with Crippen LogP contribution in [0.25, 0.3) is 0 Å². The van der Waals surface area contributed by atoms with Gasteiger partial charge in [-0.05, 0) is 36.8 Å². The third kappa shape index (κ3) is 4.06. The van der Waals surface area contributed by atoms with Gasteiger partial charge in [0, 0.05) is 5.02 Å². The minimum atomic E-state index is -1.08. The molecule has 0 saturated heterocycles.